The molecule has 0 aliphatic heterocycles. The topological polar surface area (TPSA) is 154 Å². The maximum absolute atomic E-state index is 11.9. The van der Waals surface area contributed by atoms with E-state index in [1.165, 1.54) is 0 Å². The van der Waals surface area contributed by atoms with E-state index in [9.17, 15) is 13.2 Å². The molecule has 0 radical (unpaired) electrons. The highest BCUT2D eigenvalue weighted by molar-refractivity contribution is 7.85. The van der Waals surface area contributed by atoms with E-state index in [2.05, 4.69) is 26.8 Å². The summed E-state index contributed by atoms with van der Waals surface area (Å²) >= 11 is 0. The Morgan fingerprint density at radius 1 is 1.50 bits per heavy atom. The van der Waals surface area contributed by atoms with Crippen LogP contribution in [0.4, 0.5) is 5.95 Å². The van der Waals surface area contributed by atoms with Gasteiger partial charge in [0.2, 0.25) is 5.95 Å². The number of H-pyrrole nitrogens is 2. The second-order valence-electron chi connectivity index (χ2n) is 4.84. The first-order chi connectivity index (χ1) is 10.3. The molecule has 120 valence electrons. The Morgan fingerprint density at radius 3 is 2.91 bits per heavy atom. The van der Waals surface area contributed by atoms with Crippen molar-refractivity contribution in [1.29, 1.82) is 0 Å². The fourth-order valence-corrected chi connectivity index (χ4v) is 2.55. The number of nitrogen functional groups attached to an aromatic ring is 1. The van der Waals surface area contributed by atoms with Crippen molar-refractivity contribution < 1.29 is 13.0 Å². The summed E-state index contributed by atoms with van der Waals surface area (Å²) in [6.07, 6.45) is 2.30. The van der Waals surface area contributed by atoms with Gasteiger partial charge in [0.25, 0.3) is 15.7 Å². The molecule has 0 spiro atoms. The monoisotopic (exact) mass is 327 g/mol. The van der Waals surface area contributed by atoms with Crippen molar-refractivity contribution in [3.8, 4) is 0 Å². The van der Waals surface area contributed by atoms with Gasteiger partial charge in [0.1, 0.15) is 5.65 Å². The van der Waals surface area contributed by atoms with Crippen LogP contribution in [-0.4, -0.2) is 33.7 Å². The van der Waals surface area contributed by atoms with Crippen molar-refractivity contribution in [2.24, 2.45) is 0 Å². The molecule has 0 fully saturated rings. The molecule has 0 aliphatic carbocycles. The molecule has 0 unspecified atom stereocenters. The Kier molecular flexibility index (Phi) is 4.52. The van der Waals surface area contributed by atoms with E-state index in [1.54, 1.807) is 6.20 Å². The van der Waals surface area contributed by atoms with E-state index in [0.717, 1.165) is 0 Å². The van der Waals surface area contributed by atoms with Gasteiger partial charge in [-0.05, 0) is 12.8 Å². The van der Waals surface area contributed by atoms with E-state index >= 15 is 0 Å². The van der Waals surface area contributed by atoms with Crippen LogP contribution in [0.5, 0.6) is 0 Å². The normalized spacial score (nSPS) is 11.7. The van der Waals surface area contributed by atoms with Crippen LogP contribution in [0.25, 0.3) is 11.0 Å². The third-order valence-electron chi connectivity index (χ3n) is 3.05. The van der Waals surface area contributed by atoms with Gasteiger partial charge in [-0.2, -0.15) is 13.4 Å². The first-order valence-electron chi connectivity index (χ1n) is 6.49. The Hall–Kier alpha value is -2.33. The Labute approximate surface area is 126 Å². The second-order valence-corrected chi connectivity index (χ2v) is 6.41. The highest BCUT2D eigenvalue weighted by atomic mass is 32.2. The SMILES string of the molecule is C=C(CCCS(=O)(=O)O)NCc1c[nH]c2nc(N)[nH]c(=O)c12. The minimum atomic E-state index is -3.96. The molecule has 9 nitrogen and oxygen atoms in total. The van der Waals surface area contributed by atoms with Gasteiger partial charge in [-0.25, -0.2) is 0 Å². The van der Waals surface area contributed by atoms with Gasteiger partial charge in [0.15, 0.2) is 0 Å². The van der Waals surface area contributed by atoms with E-state index in [1.807, 2.05) is 0 Å². The highest BCUT2D eigenvalue weighted by Crippen LogP contribution is 2.13. The maximum Gasteiger partial charge on any atom is 0.264 e. The molecule has 0 aliphatic rings. The standard InChI is InChI=1S/C12H17N5O4S/c1-7(3-2-4-22(19,20)21)14-5-8-6-15-10-9(8)11(18)17-12(13)16-10/h6,14H,1-5H2,(H,19,20,21)(H4,13,15,16,17,18). The number of nitrogens with one attached hydrogen (secondary N) is 3. The van der Waals surface area contributed by atoms with Crippen LogP contribution in [-0.2, 0) is 16.7 Å². The van der Waals surface area contributed by atoms with Crippen LogP contribution in [0.2, 0.25) is 0 Å². The molecule has 10 heteroatoms. The van der Waals surface area contributed by atoms with Gasteiger partial charge in [-0.15, -0.1) is 0 Å². The molecular formula is C12H17N5O4S. The number of aromatic nitrogens is 3. The Bertz CT molecular complexity index is 852. The summed E-state index contributed by atoms with van der Waals surface area (Å²) in [5.41, 5.74) is 6.83. The Balaban J connectivity index is 1.98. The van der Waals surface area contributed by atoms with E-state index in [0.29, 0.717) is 35.3 Å². The lowest BCUT2D eigenvalue weighted by atomic mass is 10.2. The molecule has 0 amide bonds. The van der Waals surface area contributed by atoms with Crippen LogP contribution >= 0.6 is 0 Å². The summed E-state index contributed by atoms with van der Waals surface area (Å²) in [5, 5.41) is 3.41. The molecule has 6 N–H and O–H groups in total. The lowest BCUT2D eigenvalue weighted by Crippen LogP contribution is -2.16. The molecule has 0 aromatic carbocycles. The summed E-state index contributed by atoms with van der Waals surface area (Å²) in [5.74, 6) is -0.280. The number of nitrogens with two attached hydrogens (primary N) is 1. The number of allylic oxidation sites excluding steroid dienone is 1. The molecule has 22 heavy (non-hydrogen) atoms. The largest absolute Gasteiger partial charge is 0.385 e. The van der Waals surface area contributed by atoms with Crippen LogP contribution in [0.3, 0.4) is 0 Å². The van der Waals surface area contributed by atoms with Crippen LogP contribution in [0.1, 0.15) is 18.4 Å². The van der Waals surface area contributed by atoms with E-state index in [4.69, 9.17) is 10.3 Å². The third-order valence-corrected chi connectivity index (χ3v) is 3.86. The summed E-state index contributed by atoms with van der Waals surface area (Å²) in [6.45, 7) is 4.10. The molecule has 0 saturated carbocycles. The second kappa shape index (κ2) is 6.20. The third kappa shape index (κ3) is 4.09. The first kappa shape index (κ1) is 16.0. The predicted molar refractivity (Wildman–Crippen MR) is 82.8 cm³/mol. The number of hydrogen-bond acceptors (Lipinski definition) is 6. The molecule has 0 saturated heterocycles. The number of anilines is 1. The molecular weight excluding hydrogens is 310 g/mol. The first-order valence-corrected chi connectivity index (χ1v) is 8.10. The van der Waals surface area contributed by atoms with Crippen molar-refractivity contribution in [3.05, 3.63) is 34.4 Å². The summed E-state index contributed by atoms with van der Waals surface area (Å²) in [6, 6.07) is 0. The smallest absolute Gasteiger partial charge is 0.264 e. The number of fused-ring (bicyclic) bond motifs is 1. The molecule has 2 rings (SSSR count). The van der Waals surface area contributed by atoms with Gasteiger partial charge < -0.3 is 16.0 Å². The van der Waals surface area contributed by atoms with Gasteiger partial charge in [0.05, 0.1) is 11.1 Å². The number of rotatable bonds is 7. The summed E-state index contributed by atoms with van der Waals surface area (Å²) < 4.78 is 29.9. The van der Waals surface area contributed by atoms with Crippen molar-refractivity contribution >= 4 is 27.1 Å². The summed E-state index contributed by atoms with van der Waals surface area (Å²) in [4.78, 5) is 21.1. The van der Waals surface area contributed by atoms with Gasteiger partial charge in [-0.3, -0.25) is 14.3 Å². The highest BCUT2D eigenvalue weighted by Gasteiger charge is 2.10. The van der Waals surface area contributed by atoms with Crippen LogP contribution in [0, 0.1) is 0 Å². The maximum atomic E-state index is 11.9. The predicted octanol–water partition coefficient (Wildman–Crippen LogP) is 0.105. The van der Waals surface area contributed by atoms with Gasteiger partial charge in [0, 0.05) is 24.0 Å². The average Bonchev–Trinajstić information content (AvgIpc) is 2.78. The number of hydrogen-bond donors (Lipinski definition) is 5. The summed E-state index contributed by atoms with van der Waals surface area (Å²) in [7, 11) is -3.96. The average molecular weight is 327 g/mol. The van der Waals surface area contributed by atoms with Crippen molar-refractivity contribution in [3.63, 3.8) is 0 Å². The van der Waals surface area contributed by atoms with Crippen molar-refractivity contribution in [1.82, 2.24) is 20.3 Å². The number of nitrogens with zero attached hydrogens (tertiary/aromatic N) is 1. The van der Waals surface area contributed by atoms with Crippen LogP contribution < -0.4 is 16.6 Å². The number of aromatic amines is 2. The van der Waals surface area contributed by atoms with Crippen LogP contribution in [0.15, 0.2) is 23.3 Å². The zero-order valence-corrected chi connectivity index (χ0v) is 12.5. The van der Waals surface area contributed by atoms with E-state index in [-0.39, 0.29) is 23.7 Å². The molecule has 2 aromatic rings. The lowest BCUT2D eigenvalue weighted by molar-refractivity contribution is 0.480. The minimum Gasteiger partial charge on any atom is -0.385 e. The molecule has 2 heterocycles. The van der Waals surface area contributed by atoms with Crippen molar-refractivity contribution in [2.75, 3.05) is 11.5 Å². The zero-order valence-electron chi connectivity index (χ0n) is 11.7. The zero-order chi connectivity index (χ0) is 16.3. The fourth-order valence-electron chi connectivity index (χ4n) is 2.04. The Morgan fingerprint density at radius 2 is 2.23 bits per heavy atom. The van der Waals surface area contributed by atoms with Crippen molar-refractivity contribution in [2.45, 2.75) is 19.4 Å². The van der Waals surface area contributed by atoms with E-state index < -0.39 is 10.1 Å². The fraction of sp³-hybridized carbons (Fsp3) is 0.333. The minimum absolute atomic E-state index is 0.0356. The van der Waals surface area contributed by atoms with Gasteiger partial charge >= 0.3 is 0 Å². The molecule has 0 bridgehead atoms. The quantitative estimate of drug-likeness (QED) is 0.452. The molecule has 2 aromatic heterocycles. The lowest BCUT2D eigenvalue weighted by Gasteiger charge is -2.08. The van der Waals surface area contributed by atoms with Gasteiger partial charge in [-0.1, -0.05) is 6.58 Å². The molecule has 0 atom stereocenters.